The van der Waals surface area contributed by atoms with Crippen molar-refractivity contribution in [2.45, 2.75) is 26.3 Å². The van der Waals surface area contributed by atoms with E-state index in [1.165, 1.54) is 18.4 Å². The molecule has 17 heavy (non-hydrogen) atoms. The van der Waals surface area contributed by atoms with Crippen LogP contribution in [0.2, 0.25) is 0 Å². The highest BCUT2D eigenvalue weighted by atomic mass is 16.2. The molecule has 1 rings (SSSR count). The number of benzene rings is 1. The predicted molar refractivity (Wildman–Crippen MR) is 71.6 cm³/mol. The molecule has 0 spiro atoms. The van der Waals surface area contributed by atoms with Crippen LogP contribution in [0.5, 0.6) is 0 Å². The Kier molecular flexibility index (Phi) is 6.39. The van der Waals surface area contributed by atoms with Crippen LogP contribution in [0.15, 0.2) is 24.3 Å². The van der Waals surface area contributed by atoms with Gasteiger partial charge in [-0.25, -0.2) is 0 Å². The number of aliphatic hydroxyl groups is 1. The van der Waals surface area contributed by atoms with E-state index in [1.54, 1.807) is 0 Å². The molecule has 0 aromatic heterocycles. The summed E-state index contributed by atoms with van der Waals surface area (Å²) in [7, 11) is 2.13. The minimum absolute atomic E-state index is 0.0833. The molecule has 0 fully saturated rings. The van der Waals surface area contributed by atoms with Gasteiger partial charge in [-0.15, -0.1) is 0 Å². The molecule has 0 radical (unpaired) electrons. The summed E-state index contributed by atoms with van der Waals surface area (Å²) >= 11 is 0. The molecule has 1 aromatic carbocycles. The fourth-order valence-corrected chi connectivity index (χ4v) is 1.71. The van der Waals surface area contributed by atoms with Gasteiger partial charge in [-0.2, -0.15) is 0 Å². The van der Waals surface area contributed by atoms with Crippen LogP contribution in [-0.2, 0) is 6.54 Å². The standard InChI is InChI=1S/C15H21NO/c1-3-4-11-16(2)13-15-9-6-5-8-14(15)10-7-12-17/h5-6,8-9,17H,3-4,11-13H2,1-2H3. The molecule has 0 aliphatic carbocycles. The highest BCUT2D eigenvalue weighted by molar-refractivity contribution is 5.41. The zero-order chi connectivity index (χ0) is 12.5. The average molecular weight is 231 g/mol. The summed E-state index contributed by atoms with van der Waals surface area (Å²) in [6, 6.07) is 8.12. The highest BCUT2D eigenvalue weighted by Gasteiger charge is 2.03. The lowest BCUT2D eigenvalue weighted by Gasteiger charge is -2.17. The Bertz CT molecular complexity index is 389. The van der Waals surface area contributed by atoms with E-state index in [0.29, 0.717) is 0 Å². The number of aliphatic hydroxyl groups excluding tert-OH is 1. The second-order valence-corrected chi connectivity index (χ2v) is 4.21. The lowest BCUT2D eigenvalue weighted by Crippen LogP contribution is -2.19. The molecule has 0 saturated carbocycles. The first-order valence-electron chi connectivity index (χ1n) is 6.14. The second-order valence-electron chi connectivity index (χ2n) is 4.21. The molecule has 0 bridgehead atoms. The quantitative estimate of drug-likeness (QED) is 0.786. The monoisotopic (exact) mass is 231 g/mol. The lowest BCUT2D eigenvalue weighted by atomic mass is 10.1. The maximum Gasteiger partial charge on any atom is 0.104 e. The predicted octanol–water partition coefficient (Wildman–Crippen LogP) is 2.26. The number of rotatable bonds is 5. The van der Waals surface area contributed by atoms with Crippen molar-refractivity contribution in [3.8, 4) is 11.8 Å². The molecule has 0 aliphatic rings. The first-order valence-corrected chi connectivity index (χ1v) is 6.14. The molecule has 2 heteroatoms. The minimum atomic E-state index is -0.0833. The van der Waals surface area contributed by atoms with Crippen molar-refractivity contribution in [3.05, 3.63) is 35.4 Å². The summed E-state index contributed by atoms with van der Waals surface area (Å²) in [5.41, 5.74) is 2.25. The van der Waals surface area contributed by atoms with E-state index in [2.05, 4.69) is 36.8 Å². The van der Waals surface area contributed by atoms with Crippen molar-refractivity contribution >= 4 is 0 Å². The van der Waals surface area contributed by atoms with Gasteiger partial charge >= 0.3 is 0 Å². The van der Waals surface area contributed by atoms with Crippen LogP contribution >= 0.6 is 0 Å². The third-order valence-electron chi connectivity index (χ3n) is 2.65. The minimum Gasteiger partial charge on any atom is -0.384 e. The molecule has 0 saturated heterocycles. The zero-order valence-electron chi connectivity index (χ0n) is 10.7. The van der Waals surface area contributed by atoms with Crippen molar-refractivity contribution in [2.24, 2.45) is 0 Å². The van der Waals surface area contributed by atoms with Gasteiger partial charge in [0.05, 0.1) is 0 Å². The summed E-state index contributed by atoms with van der Waals surface area (Å²) in [6.45, 7) is 4.14. The highest BCUT2D eigenvalue weighted by Crippen LogP contribution is 2.10. The molecular weight excluding hydrogens is 210 g/mol. The van der Waals surface area contributed by atoms with Gasteiger partial charge < -0.3 is 10.0 Å². The fourth-order valence-electron chi connectivity index (χ4n) is 1.71. The summed E-state index contributed by atoms with van der Waals surface area (Å²) in [5.74, 6) is 5.71. The van der Waals surface area contributed by atoms with Crippen LogP contribution in [0, 0.1) is 11.8 Å². The van der Waals surface area contributed by atoms with Gasteiger partial charge in [0.25, 0.3) is 0 Å². The number of hydrogen-bond donors (Lipinski definition) is 1. The van der Waals surface area contributed by atoms with Crippen molar-refractivity contribution < 1.29 is 5.11 Å². The normalized spacial score (nSPS) is 10.1. The van der Waals surface area contributed by atoms with Crippen LogP contribution in [0.1, 0.15) is 30.9 Å². The molecule has 0 aliphatic heterocycles. The smallest absolute Gasteiger partial charge is 0.104 e. The molecular formula is C15H21NO. The van der Waals surface area contributed by atoms with Crippen LogP contribution in [-0.4, -0.2) is 30.2 Å². The largest absolute Gasteiger partial charge is 0.384 e. The first-order chi connectivity index (χ1) is 8.27. The van der Waals surface area contributed by atoms with Gasteiger partial charge in [0.2, 0.25) is 0 Å². The first kappa shape index (κ1) is 13.8. The Morgan fingerprint density at radius 3 is 2.76 bits per heavy atom. The summed E-state index contributed by atoms with van der Waals surface area (Å²) in [4.78, 5) is 2.31. The Morgan fingerprint density at radius 2 is 2.06 bits per heavy atom. The molecule has 1 aromatic rings. The van der Waals surface area contributed by atoms with Crippen molar-refractivity contribution in [3.63, 3.8) is 0 Å². The van der Waals surface area contributed by atoms with E-state index in [9.17, 15) is 0 Å². The van der Waals surface area contributed by atoms with Crippen molar-refractivity contribution in [2.75, 3.05) is 20.2 Å². The SMILES string of the molecule is CCCCN(C)Cc1ccccc1C#CCO. The van der Waals surface area contributed by atoms with E-state index in [1.807, 2.05) is 18.2 Å². The van der Waals surface area contributed by atoms with Crippen LogP contribution in [0.4, 0.5) is 0 Å². The van der Waals surface area contributed by atoms with E-state index in [0.717, 1.165) is 18.7 Å². The van der Waals surface area contributed by atoms with E-state index in [-0.39, 0.29) is 6.61 Å². The molecule has 1 N–H and O–H groups in total. The van der Waals surface area contributed by atoms with Crippen LogP contribution in [0.3, 0.4) is 0 Å². The Hall–Kier alpha value is -1.30. The maximum atomic E-state index is 8.73. The Balaban J connectivity index is 2.69. The number of hydrogen-bond acceptors (Lipinski definition) is 2. The summed E-state index contributed by atoms with van der Waals surface area (Å²) < 4.78 is 0. The average Bonchev–Trinajstić information content (AvgIpc) is 2.35. The molecule has 92 valence electrons. The van der Waals surface area contributed by atoms with E-state index < -0.39 is 0 Å². The topological polar surface area (TPSA) is 23.5 Å². The third kappa shape index (κ3) is 5.04. The summed E-state index contributed by atoms with van der Waals surface area (Å²) in [6.07, 6.45) is 2.44. The lowest BCUT2D eigenvalue weighted by molar-refractivity contribution is 0.320. The van der Waals surface area contributed by atoms with Gasteiger partial charge in [-0.1, -0.05) is 43.4 Å². The summed E-state index contributed by atoms with van der Waals surface area (Å²) in [5, 5.41) is 8.73. The molecule has 2 nitrogen and oxygen atoms in total. The van der Waals surface area contributed by atoms with Crippen molar-refractivity contribution in [1.29, 1.82) is 0 Å². The van der Waals surface area contributed by atoms with E-state index in [4.69, 9.17) is 5.11 Å². The van der Waals surface area contributed by atoms with E-state index >= 15 is 0 Å². The van der Waals surface area contributed by atoms with Crippen molar-refractivity contribution in [1.82, 2.24) is 4.90 Å². The van der Waals surface area contributed by atoms with Gasteiger partial charge in [0.1, 0.15) is 6.61 Å². The third-order valence-corrected chi connectivity index (χ3v) is 2.65. The van der Waals surface area contributed by atoms with Crippen LogP contribution < -0.4 is 0 Å². The van der Waals surface area contributed by atoms with Gasteiger partial charge in [0, 0.05) is 12.1 Å². The molecule has 0 unspecified atom stereocenters. The van der Waals surface area contributed by atoms with Gasteiger partial charge in [0.15, 0.2) is 0 Å². The Morgan fingerprint density at radius 1 is 1.29 bits per heavy atom. The van der Waals surface area contributed by atoms with Crippen LogP contribution in [0.25, 0.3) is 0 Å². The van der Waals surface area contributed by atoms with Gasteiger partial charge in [-0.05, 0) is 31.6 Å². The fraction of sp³-hybridized carbons (Fsp3) is 0.467. The molecule has 0 amide bonds. The molecule has 0 atom stereocenters. The second kappa shape index (κ2) is 7.89. The number of unbranched alkanes of at least 4 members (excludes halogenated alkanes) is 1. The van der Waals surface area contributed by atoms with Gasteiger partial charge in [-0.3, -0.25) is 0 Å². The maximum absolute atomic E-state index is 8.73. The Labute approximate surface area is 104 Å². The number of nitrogens with zero attached hydrogens (tertiary/aromatic N) is 1. The zero-order valence-corrected chi connectivity index (χ0v) is 10.7. The molecule has 0 heterocycles.